The molecule has 2 fully saturated rings. The third-order valence-electron chi connectivity index (χ3n) is 5.21. The molecule has 4 rings (SSSR count). The number of piperidine rings is 1. The molecule has 3 atom stereocenters. The molecule has 0 radical (unpaired) electrons. The Hall–Kier alpha value is -3.12. The summed E-state index contributed by atoms with van der Waals surface area (Å²) in [5.74, 6) is -4.59. The van der Waals surface area contributed by atoms with Gasteiger partial charge in [-0.3, -0.25) is 4.79 Å². The Morgan fingerprint density at radius 3 is 2.77 bits per heavy atom. The van der Waals surface area contributed by atoms with Crippen LogP contribution in [-0.4, -0.2) is 42.2 Å². The minimum Gasteiger partial charge on any atom is -0.486 e. The molecule has 2 aliphatic rings. The number of nitrogens with zero attached hydrogens (tertiary/aromatic N) is 2. The standard InChI is InChI=1S/C21H19F3N4O2/c22-16-11-26-5-4-18(16)30-17-2-1-12(7-14(17)10-25)13-3-6-27-19(8-13)28-20(29)15-9-21(15,23)24/h1-3,6-8,15-16,18,26H,4-5,9,11H2,(H,27,28,29)/t15?,16-,18+/m1/s1. The summed E-state index contributed by atoms with van der Waals surface area (Å²) in [6.45, 7) is 0.853. The largest absolute Gasteiger partial charge is 0.486 e. The van der Waals surface area contributed by atoms with Crippen molar-refractivity contribution in [2.75, 3.05) is 18.4 Å². The number of hydrogen-bond acceptors (Lipinski definition) is 5. The predicted molar refractivity (Wildman–Crippen MR) is 103 cm³/mol. The van der Waals surface area contributed by atoms with Gasteiger partial charge in [-0.2, -0.15) is 5.26 Å². The number of anilines is 1. The van der Waals surface area contributed by atoms with Crippen LogP contribution in [-0.2, 0) is 4.79 Å². The lowest BCUT2D eigenvalue weighted by Crippen LogP contribution is -2.44. The normalized spacial score (nSPS) is 24.5. The number of aromatic nitrogens is 1. The zero-order valence-electron chi connectivity index (χ0n) is 15.9. The molecule has 1 aromatic heterocycles. The third-order valence-corrected chi connectivity index (χ3v) is 5.21. The Kier molecular flexibility index (Phi) is 5.35. The van der Waals surface area contributed by atoms with Crippen molar-refractivity contribution in [2.45, 2.75) is 31.0 Å². The molecule has 1 amide bonds. The van der Waals surface area contributed by atoms with E-state index >= 15 is 0 Å². The molecule has 30 heavy (non-hydrogen) atoms. The van der Waals surface area contributed by atoms with E-state index in [1.54, 1.807) is 30.3 Å². The minimum absolute atomic E-state index is 0.147. The maximum atomic E-state index is 14.0. The Bertz CT molecular complexity index is 1010. The number of hydrogen-bond donors (Lipinski definition) is 2. The Labute approximate surface area is 171 Å². The van der Waals surface area contributed by atoms with Gasteiger partial charge in [-0.1, -0.05) is 6.07 Å². The lowest BCUT2D eigenvalue weighted by atomic mass is 10.0. The number of nitriles is 1. The summed E-state index contributed by atoms with van der Waals surface area (Å²) < 4.78 is 45.9. The van der Waals surface area contributed by atoms with Gasteiger partial charge in [-0.25, -0.2) is 18.2 Å². The highest BCUT2D eigenvalue weighted by Gasteiger charge is 2.61. The molecule has 1 aliphatic carbocycles. The number of halogens is 3. The van der Waals surface area contributed by atoms with Crippen molar-refractivity contribution in [2.24, 2.45) is 5.92 Å². The van der Waals surface area contributed by atoms with Crippen LogP contribution in [0.4, 0.5) is 19.0 Å². The van der Waals surface area contributed by atoms with E-state index in [0.29, 0.717) is 29.8 Å². The molecule has 9 heteroatoms. The second-order valence-corrected chi connectivity index (χ2v) is 7.42. The van der Waals surface area contributed by atoms with Gasteiger partial charge in [0.05, 0.1) is 5.56 Å². The number of rotatable bonds is 5. The van der Waals surface area contributed by atoms with Crippen LogP contribution in [0.1, 0.15) is 18.4 Å². The van der Waals surface area contributed by atoms with Gasteiger partial charge in [-0.15, -0.1) is 0 Å². The Morgan fingerprint density at radius 2 is 2.07 bits per heavy atom. The maximum Gasteiger partial charge on any atom is 0.260 e. The van der Waals surface area contributed by atoms with Crippen molar-refractivity contribution in [3.8, 4) is 22.9 Å². The summed E-state index contributed by atoms with van der Waals surface area (Å²) >= 11 is 0. The molecule has 0 bridgehead atoms. The summed E-state index contributed by atoms with van der Waals surface area (Å²) in [6.07, 6.45) is -0.290. The van der Waals surface area contributed by atoms with E-state index in [1.807, 2.05) is 0 Å². The summed E-state index contributed by atoms with van der Waals surface area (Å²) in [7, 11) is 0. The first-order valence-electron chi connectivity index (χ1n) is 9.58. The van der Waals surface area contributed by atoms with Crippen LogP contribution in [0, 0.1) is 17.2 Å². The fourth-order valence-corrected chi connectivity index (χ4v) is 3.38. The number of ether oxygens (including phenoxy) is 1. The van der Waals surface area contributed by atoms with Crippen LogP contribution in [0.3, 0.4) is 0 Å². The van der Waals surface area contributed by atoms with Gasteiger partial charge >= 0.3 is 0 Å². The van der Waals surface area contributed by atoms with Crippen molar-refractivity contribution < 1.29 is 22.7 Å². The molecule has 156 valence electrons. The zero-order valence-corrected chi connectivity index (χ0v) is 15.9. The molecule has 0 spiro atoms. The zero-order chi connectivity index (χ0) is 21.3. The van der Waals surface area contributed by atoms with E-state index in [0.717, 1.165) is 0 Å². The molecule has 2 N–H and O–H groups in total. The van der Waals surface area contributed by atoms with Gasteiger partial charge in [0.15, 0.2) is 0 Å². The van der Waals surface area contributed by atoms with Crippen LogP contribution in [0.5, 0.6) is 5.75 Å². The summed E-state index contributed by atoms with van der Waals surface area (Å²) in [5, 5.41) is 14.8. The van der Waals surface area contributed by atoms with E-state index < -0.39 is 36.4 Å². The minimum atomic E-state index is -2.95. The first-order chi connectivity index (χ1) is 14.4. The number of alkyl halides is 3. The average molecular weight is 416 g/mol. The monoisotopic (exact) mass is 416 g/mol. The quantitative estimate of drug-likeness (QED) is 0.781. The molecule has 1 aliphatic heterocycles. The smallest absolute Gasteiger partial charge is 0.260 e. The van der Waals surface area contributed by atoms with Crippen molar-refractivity contribution >= 4 is 11.7 Å². The molecule has 2 aromatic rings. The van der Waals surface area contributed by atoms with Crippen molar-refractivity contribution in [1.29, 1.82) is 5.26 Å². The Balaban J connectivity index is 1.51. The second kappa shape index (κ2) is 7.95. The van der Waals surface area contributed by atoms with Gasteiger partial charge < -0.3 is 15.4 Å². The first-order valence-corrected chi connectivity index (χ1v) is 9.58. The van der Waals surface area contributed by atoms with Gasteiger partial charge in [-0.05, 0) is 48.4 Å². The van der Waals surface area contributed by atoms with E-state index in [1.165, 1.54) is 6.20 Å². The van der Waals surface area contributed by atoms with Gasteiger partial charge in [0.1, 0.15) is 35.8 Å². The van der Waals surface area contributed by atoms with Gasteiger partial charge in [0, 0.05) is 19.2 Å². The average Bonchev–Trinajstić information content (AvgIpc) is 3.38. The summed E-state index contributed by atoms with van der Waals surface area (Å²) in [4.78, 5) is 15.9. The molecule has 1 saturated heterocycles. The number of benzene rings is 1. The topological polar surface area (TPSA) is 87.0 Å². The van der Waals surface area contributed by atoms with E-state index in [-0.39, 0.29) is 17.9 Å². The molecule has 2 heterocycles. The number of carbonyl (C=O) groups is 1. The van der Waals surface area contributed by atoms with Crippen LogP contribution in [0.15, 0.2) is 36.5 Å². The molecule has 6 nitrogen and oxygen atoms in total. The third kappa shape index (κ3) is 4.24. The van der Waals surface area contributed by atoms with Crippen molar-refractivity contribution in [3.05, 3.63) is 42.1 Å². The predicted octanol–water partition coefficient (Wildman–Crippen LogP) is 3.29. The first kappa shape index (κ1) is 20.2. The highest BCUT2D eigenvalue weighted by atomic mass is 19.3. The number of pyridine rings is 1. The SMILES string of the molecule is N#Cc1cc(-c2ccnc(NC(=O)C3CC3(F)F)c2)ccc1O[C@H]1CCNC[C@H]1F. The lowest BCUT2D eigenvalue weighted by Gasteiger charge is -2.27. The lowest BCUT2D eigenvalue weighted by molar-refractivity contribution is -0.119. The van der Waals surface area contributed by atoms with Crippen LogP contribution in [0.2, 0.25) is 0 Å². The van der Waals surface area contributed by atoms with Crippen LogP contribution in [0.25, 0.3) is 11.1 Å². The second-order valence-electron chi connectivity index (χ2n) is 7.42. The van der Waals surface area contributed by atoms with E-state index in [4.69, 9.17) is 4.74 Å². The summed E-state index contributed by atoms with van der Waals surface area (Å²) in [6, 6.07) is 10.2. The van der Waals surface area contributed by atoms with E-state index in [2.05, 4.69) is 21.7 Å². The molecular weight excluding hydrogens is 397 g/mol. The highest BCUT2D eigenvalue weighted by Crippen LogP contribution is 2.49. The molecule has 1 saturated carbocycles. The molecule has 1 aromatic carbocycles. The fraction of sp³-hybridized carbons (Fsp3) is 0.381. The van der Waals surface area contributed by atoms with E-state index in [9.17, 15) is 23.2 Å². The molecule has 1 unspecified atom stereocenters. The summed E-state index contributed by atoms with van der Waals surface area (Å²) in [5.41, 5.74) is 1.53. The number of carbonyl (C=O) groups excluding carboxylic acids is 1. The number of nitrogens with one attached hydrogen (secondary N) is 2. The Morgan fingerprint density at radius 1 is 1.30 bits per heavy atom. The molecular formula is C21H19F3N4O2. The maximum absolute atomic E-state index is 14.0. The van der Waals surface area contributed by atoms with Gasteiger partial charge in [0.2, 0.25) is 5.91 Å². The van der Waals surface area contributed by atoms with Crippen LogP contribution < -0.4 is 15.4 Å². The van der Waals surface area contributed by atoms with Crippen LogP contribution >= 0.6 is 0 Å². The fourth-order valence-electron chi connectivity index (χ4n) is 3.38. The van der Waals surface area contributed by atoms with Crippen molar-refractivity contribution in [3.63, 3.8) is 0 Å². The van der Waals surface area contributed by atoms with Crippen molar-refractivity contribution in [1.82, 2.24) is 10.3 Å². The number of amides is 1. The van der Waals surface area contributed by atoms with Gasteiger partial charge in [0.25, 0.3) is 5.92 Å². The highest BCUT2D eigenvalue weighted by molar-refractivity contribution is 5.95.